The van der Waals surface area contributed by atoms with Crippen molar-refractivity contribution >= 4 is 5.91 Å². The second kappa shape index (κ2) is 7.13. The Morgan fingerprint density at radius 2 is 2.04 bits per heavy atom. The summed E-state index contributed by atoms with van der Waals surface area (Å²) in [4.78, 5) is 15.9. The van der Waals surface area contributed by atoms with Crippen LogP contribution in [0, 0.1) is 5.92 Å². The molecule has 0 radical (unpaired) electrons. The highest BCUT2D eigenvalue weighted by Crippen LogP contribution is 2.33. The van der Waals surface area contributed by atoms with Crippen molar-refractivity contribution < 1.29 is 22.7 Å². The van der Waals surface area contributed by atoms with Crippen LogP contribution in [-0.4, -0.2) is 10.9 Å². The van der Waals surface area contributed by atoms with Crippen molar-refractivity contribution in [3.05, 3.63) is 53.7 Å². The standard InChI is InChI=1S/C18H17F3N2O2/c19-18(20,21)14-4-1-5-15(10-14)25-17-13(3-2-8-22-17)11-23-16(24)9-12-6-7-12/h1-5,8,10,12H,6-7,9,11H2,(H,23,24). The van der Waals surface area contributed by atoms with Crippen LogP contribution in [0.15, 0.2) is 42.6 Å². The molecule has 1 amide bonds. The number of amides is 1. The van der Waals surface area contributed by atoms with Crippen LogP contribution in [-0.2, 0) is 17.5 Å². The van der Waals surface area contributed by atoms with Crippen molar-refractivity contribution in [2.24, 2.45) is 5.92 Å². The zero-order valence-corrected chi connectivity index (χ0v) is 13.3. The van der Waals surface area contributed by atoms with Gasteiger partial charge in [-0.25, -0.2) is 4.98 Å². The lowest BCUT2D eigenvalue weighted by atomic mass is 10.2. The lowest BCUT2D eigenvalue weighted by Crippen LogP contribution is -2.23. The Morgan fingerprint density at radius 3 is 2.76 bits per heavy atom. The maximum atomic E-state index is 12.8. The van der Waals surface area contributed by atoms with E-state index in [0.717, 1.165) is 25.0 Å². The normalized spacial score (nSPS) is 14.2. The number of halogens is 3. The molecule has 0 spiro atoms. The zero-order valence-electron chi connectivity index (χ0n) is 13.3. The third kappa shape index (κ3) is 4.95. The molecule has 1 aromatic carbocycles. The molecule has 0 saturated heterocycles. The molecule has 7 heteroatoms. The van der Waals surface area contributed by atoms with Gasteiger partial charge in [-0.15, -0.1) is 0 Å². The molecule has 1 N–H and O–H groups in total. The Hall–Kier alpha value is -2.57. The molecule has 1 fully saturated rings. The quantitative estimate of drug-likeness (QED) is 0.845. The summed E-state index contributed by atoms with van der Waals surface area (Å²) >= 11 is 0. The number of rotatable bonds is 6. The van der Waals surface area contributed by atoms with Crippen LogP contribution < -0.4 is 10.1 Å². The molecular formula is C18H17F3N2O2. The lowest BCUT2D eigenvalue weighted by molar-refractivity contribution is -0.137. The van der Waals surface area contributed by atoms with Gasteiger partial charge in [0, 0.05) is 24.7 Å². The van der Waals surface area contributed by atoms with Crippen molar-refractivity contribution in [1.29, 1.82) is 0 Å². The van der Waals surface area contributed by atoms with Gasteiger partial charge in [0.2, 0.25) is 11.8 Å². The van der Waals surface area contributed by atoms with E-state index in [0.29, 0.717) is 17.9 Å². The predicted molar refractivity (Wildman–Crippen MR) is 84.9 cm³/mol. The van der Waals surface area contributed by atoms with E-state index < -0.39 is 11.7 Å². The smallest absolute Gasteiger partial charge is 0.416 e. The van der Waals surface area contributed by atoms with Gasteiger partial charge < -0.3 is 10.1 Å². The van der Waals surface area contributed by atoms with Crippen molar-refractivity contribution in [2.45, 2.75) is 32.0 Å². The topological polar surface area (TPSA) is 51.2 Å². The number of aromatic nitrogens is 1. The number of hydrogen-bond donors (Lipinski definition) is 1. The lowest BCUT2D eigenvalue weighted by Gasteiger charge is -2.12. The van der Waals surface area contributed by atoms with Gasteiger partial charge in [0.1, 0.15) is 5.75 Å². The van der Waals surface area contributed by atoms with Gasteiger partial charge >= 0.3 is 6.18 Å². The van der Waals surface area contributed by atoms with Gasteiger partial charge in [0.25, 0.3) is 0 Å². The molecule has 4 nitrogen and oxygen atoms in total. The van der Waals surface area contributed by atoms with Crippen molar-refractivity contribution in [2.75, 3.05) is 0 Å². The first-order valence-electron chi connectivity index (χ1n) is 7.97. The number of nitrogens with one attached hydrogen (secondary N) is 1. The number of hydrogen-bond acceptors (Lipinski definition) is 3. The number of pyridine rings is 1. The Kier molecular flexibility index (Phi) is 4.92. The van der Waals surface area contributed by atoms with Crippen molar-refractivity contribution in [1.82, 2.24) is 10.3 Å². The average molecular weight is 350 g/mol. The van der Waals surface area contributed by atoms with E-state index >= 15 is 0 Å². The highest BCUT2D eigenvalue weighted by atomic mass is 19.4. The Labute approximate surface area is 143 Å². The van der Waals surface area contributed by atoms with Crippen LogP contribution in [0.4, 0.5) is 13.2 Å². The van der Waals surface area contributed by atoms with E-state index in [-0.39, 0.29) is 24.1 Å². The van der Waals surface area contributed by atoms with E-state index in [4.69, 9.17) is 4.74 Å². The summed E-state index contributed by atoms with van der Waals surface area (Å²) in [7, 11) is 0. The van der Waals surface area contributed by atoms with Crippen molar-refractivity contribution in [3.63, 3.8) is 0 Å². The molecular weight excluding hydrogens is 333 g/mol. The van der Waals surface area contributed by atoms with Crippen LogP contribution in [0.2, 0.25) is 0 Å². The van der Waals surface area contributed by atoms with Gasteiger partial charge in [-0.05, 0) is 43.0 Å². The minimum Gasteiger partial charge on any atom is -0.439 e. The second-order valence-corrected chi connectivity index (χ2v) is 6.02. The summed E-state index contributed by atoms with van der Waals surface area (Å²) in [6.45, 7) is 0.216. The average Bonchev–Trinajstić information content (AvgIpc) is 3.37. The molecule has 3 rings (SSSR count). The molecule has 1 saturated carbocycles. The molecule has 0 bridgehead atoms. The Balaban J connectivity index is 1.69. The SMILES string of the molecule is O=C(CC1CC1)NCc1cccnc1Oc1cccc(C(F)(F)F)c1. The summed E-state index contributed by atoms with van der Waals surface area (Å²) in [6.07, 6.45) is -0.278. The summed E-state index contributed by atoms with van der Waals surface area (Å²) < 4.78 is 43.9. The fraction of sp³-hybridized carbons (Fsp3) is 0.333. The van der Waals surface area contributed by atoms with Gasteiger partial charge in [-0.1, -0.05) is 12.1 Å². The summed E-state index contributed by atoms with van der Waals surface area (Å²) in [5.41, 5.74) is -0.190. The molecule has 1 aliphatic carbocycles. The molecule has 2 aromatic rings. The third-order valence-corrected chi connectivity index (χ3v) is 3.87. The van der Waals surface area contributed by atoms with E-state index in [1.165, 1.54) is 18.3 Å². The molecule has 0 unspecified atom stereocenters. The third-order valence-electron chi connectivity index (χ3n) is 3.87. The van der Waals surface area contributed by atoms with Crippen LogP contribution in [0.5, 0.6) is 11.6 Å². The molecule has 1 aromatic heterocycles. The molecule has 1 heterocycles. The van der Waals surface area contributed by atoms with E-state index in [1.54, 1.807) is 12.1 Å². The first-order valence-corrected chi connectivity index (χ1v) is 7.97. The van der Waals surface area contributed by atoms with Crippen LogP contribution in [0.1, 0.15) is 30.4 Å². The predicted octanol–water partition coefficient (Wildman–Crippen LogP) is 4.31. The fourth-order valence-corrected chi connectivity index (χ4v) is 2.35. The zero-order chi connectivity index (χ0) is 17.9. The summed E-state index contributed by atoms with van der Waals surface area (Å²) in [6, 6.07) is 8.00. The van der Waals surface area contributed by atoms with E-state index in [1.807, 2.05) is 0 Å². The molecule has 132 valence electrons. The van der Waals surface area contributed by atoms with Crippen LogP contribution in [0.3, 0.4) is 0 Å². The van der Waals surface area contributed by atoms with Gasteiger partial charge in [-0.2, -0.15) is 13.2 Å². The number of carbonyl (C=O) groups is 1. The second-order valence-electron chi connectivity index (χ2n) is 6.02. The summed E-state index contributed by atoms with van der Waals surface area (Å²) in [5, 5.41) is 2.79. The first-order chi connectivity index (χ1) is 11.9. The largest absolute Gasteiger partial charge is 0.439 e. The highest BCUT2D eigenvalue weighted by Gasteiger charge is 2.30. The van der Waals surface area contributed by atoms with E-state index in [9.17, 15) is 18.0 Å². The van der Waals surface area contributed by atoms with Gasteiger partial charge in [-0.3, -0.25) is 4.79 Å². The van der Waals surface area contributed by atoms with Gasteiger partial charge in [0.15, 0.2) is 0 Å². The Morgan fingerprint density at radius 1 is 1.24 bits per heavy atom. The number of nitrogens with zero attached hydrogens (tertiary/aromatic N) is 1. The monoisotopic (exact) mass is 350 g/mol. The highest BCUT2D eigenvalue weighted by molar-refractivity contribution is 5.76. The number of ether oxygens (including phenoxy) is 1. The first kappa shape index (κ1) is 17.3. The minimum atomic E-state index is -4.44. The van der Waals surface area contributed by atoms with Crippen LogP contribution in [0.25, 0.3) is 0 Å². The molecule has 0 atom stereocenters. The maximum absolute atomic E-state index is 12.8. The van der Waals surface area contributed by atoms with Crippen LogP contribution >= 0.6 is 0 Å². The van der Waals surface area contributed by atoms with Crippen molar-refractivity contribution in [3.8, 4) is 11.6 Å². The minimum absolute atomic E-state index is 0.0408. The number of benzene rings is 1. The number of carbonyl (C=O) groups excluding carboxylic acids is 1. The maximum Gasteiger partial charge on any atom is 0.416 e. The fourth-order valence-electron chi connectivity index (χ4n) is 2.35. The number of alkyl halides is 3. The Bertz CT molecular complexity index is 758. The molecule has 1 aliphatic rings. The summed E-state index contributed by atoms with van der Waals surface area (Å²) in [5.74, 6) is 0.652. The molecule has 0 aliphatic heterocycles. The molecule has 25 heavy (non-hydrogen) atoms. The van der Waals surface area contributed by atoms with E-state index in [2.05, 4.69) is 10.3 Å². The van der Waals surface area contributed by atoms with Gasteiger partial charge in [0.05, 0.1) is 5.56 Å².